The van der Waals surface area contributed by atoms with E-state index in [2.05, 4.69) is 5.32 Å². The van der Waals surface area contributed by atoms with Crippen LogP contribution in [0.2, 0.25) is 0 Å². The van der Waals surface area contributed by atoms with Crippen LogP contribution in [0.3, 0.4) is 0 Å². The summed E-state index contributed by atoms with van der Waals surface area (Å²) in [6, 6.07) is -0.340. The topological polar surface area (TPSA) is 133 Å². The Morgan fingerprint density at radius 2 is 1.69 bits per heavy atom. The van der Waals surface area contributed by atoms with E-state index in [0.29, 0.717) is 19.6 Å². The first kappa shape index (κ1) is 26.9. The molecule has 0 saturated carbocycles. The Morgan fingerprint density at radius 3 is 2.25 bits per heavy atom. The molecule has 32 heavy (non-hydrogen) atoms. The monoisotopic (exact) mass is 461 g/mol. The minimum Gasteiger partial charge on any atom is -0.479 e. The fourth-order valence-electron chi connectivity index (χ4n) is 4.86. The van der Waals surface area contributed by atoms with Gasteiger partial charge in [0.15, 0.2) is 6.10 Å². The van der Waals surface area contributed by atoms with Crippen LogP contribution in [0.4, 0.5) is 0 Å². The third kappa shape index (κ3) is 6.85. The lowest BCUT2D eigenvalue weighted by Gasteiger charge is -2.46. The third-order valence-electron chi connectivity index (χ3n) is 6.63. The summed E-state index contributed by atoms with van der Waals surface area (Å²) < 4.78 is 28.3. The van der Waals surface area contributed by atoms with Crippen molar-refractivity contribution in [1.82, 2.24) is 5.32 Å². The Morgan fingerprint density at radius 1 is 1.00 bits per heavy atom. The zero-order valence-electron chi connectivity index (χ0n) is 19.7. The van der Waals surface area contributed by atoms with Crippen molar-refractivity contribution in [2.45, 2.75) is 57.6 Å². The lowest BCUT2D eigenvalue weighted by atomic mass is 9.79. The fourth-order valence-corrected chi connectivity index (χ4v) is 4.86. The summed E-state index contributed by atoms with van der Waals surface area (Å²) in [5, 5.41) is 22.3. The van der Waals surface area contributed by atoms with Crippen LogP contribution in [0.25, 0.3) is 0 Å². The predicted molar refractivity (Wildman–Crippen MR) is 114 cm³/mol. The van der Waals surface area contributed by atoms with Gasteiger partial charge in [0.2, 0.25) is 5.91 Å². The van der Waals surface area contributed by atoms with E-state index in [-0.39, 0.29) is 61.5 Å². The molecule has 0 aliphatic carbocycles. The van der Waals surface area contributed by atoms with Gasteiger partial charge in [0.25, 0.3) is 0 Å². The minimum atomic E-state index is -0.999. The molecular formula is C22H39NO9. The summed E-state index contributed by atoms with van der Waals surface area (Å²) in [6.07, 6.45) is -1.43. The van der Waals surface area contributed by atoms with Gasteiger partial charge >= 0.3 is 5.97 Å². The number of carboxylic acids is 1. The molecule has 0 radical (unpaired) electrons. The Labute approximate surface area is 189 Å². The number of methoxy groups -OCH3 is 2. The lowest BCUT2D eigenvalue weighted by molar-refractivity contribution is -0.189. The van der Waals surface area contributed by atoms with Gasteiger partial charge in [-0.1, -0.05) is 13.8 Å². The molecule has 186 valence electrons. The van der Waals surface area contributed by atoms with Crippen LogP contribution in [0.1, 0.15) is 27.2 Å². The van der Waals surface area contributed by atoms with Gasteiger partial charge in [-0.2, -0.15) is 0 Å². The fraction of sp³-hybridized carbons (Fsp3) is 0.909. The van der Waals surface area contributed by atoms with Gasteiger partial charge in [-0.3, -0.25) is 4.79 Å². The zero-order valence-corrected chi connectivity index (χ0v) is 19.7. The number of nitrogens with one attached hydrogen (secondary N) is 1. The number of aliphatic hydroxyl groups is 1. The van der Waals surface area contributed by atoms with E-state index < -0.39 is 24.3 Å². The van der Waals surface area contributed by atoms with Crippen molar-refractivity contribution < 1.29 is 43.5 Å². The molecule has 1 amide bonds. The maximum absolute atomic E-state index is 11.8. The van der Waals surface area contributed by atoms with Gasteiger partial charge in [0.05, 0.1) is 51.3 Å². The quantitative estimate of drug-likeness (QED) is 0.397. The van der Waals surface area contributed by atoms with Crippen LogP contribution in [-0.2, 0) is 33.3 Å². The van der Waals surface area contributed by atoms with E-state index in [1.54, 1.807) is 14.2 Å². The van der Waals surface area contributed by atoms with Crippen LogP contribution >= 0.6 is 0 Å². The molecule has 10 nitrogen and oxygen atoms in total. The van der Waals surface area contributed by atoms with Crippen molar-refractivity contribution in [2.24, 2.45) is 23.7 Å². The molecule has 2 heterocycles. The van der Waals surface area contributed by atoms with E-state index in [0.717, 1.165) is 0 Å². The second-order valence-electron chi connectivity index (χ2n) is 9.00. The van der Waals surface area contributed by atoms with Gasteiger partial charge < -0.3 is 39.2 Å². The number of hydrogen-bond acceptors (Lipinski definition) is 8. The molecule has 3 N–H and O–H groups in total. The number of aliphatic carboxylic acids is 1. The smallest absolute Gasteiger partial charge is 0.333 e. The average Bonchev–Trinajstić information content (AvgIpc) is 2.73. The number of carbonyl (C=O) groups is 2. The van der Waals surface area contributed by atoms with E-state index in [1.807, 2.05) is 13.8 Å². The maximum atomic E-state index is 11.8. The molecule has 0 bridgehead atoms. The molecule has 2 rings (SSSR count). The lowest BCUT2D eigenvalue weighted by Crippen LogP contribution is -2.60. The standard InChI is InChI=1S/C22H39NO9/c1-12-6-15(8-28-4)21(22(26)27)32-18(12)11-30-9-16-13(2)17(7-24)31-19(10-29-5)20(16)23-14(3)25/h12-13,15-21,24H,6-11H2,1-5H3,(H,23,25)(H,26,27)/t12?,13-,15+,16+,17?,18-,19-,20?,21?/m0/s1. The van der Waals surface area contributed by atoms with Crippen LogP contribution in [0, 0.1) is 23.7 Å². The average molecular weight is 462 g/mol. The van der Waals surface area contributed by atoms with E-state index in [9.17, 15) is 19.8 Å². The van der Waals surface area contributed by atoms with Gasteiger partial charge in [-0.15, -0.1) is 0 Å². The molecule has 10 heteroatoms. The number of aliphatic hydroxyl groups excluding tert-OH is 1. The highest BCUT2D eigenvalue weighted by atomic mass is 16.6. The first-order valence-corrected chi connectivity index (χ1v) is 11.2. The van der Waals surface area contributed by atoms with E-state index >= 15 is 0 Å². The molecule has 2 fully saturated rings. The van der Waals surface area contributed by atoms with Gasteiger partial charge in [0.1, 0.15) is 6.10 Å². The molecule has 0 aromatic carbocycles. The van der Waals surface area contributed by atoms with Crippen LogP contribution in [-0.4, -0.2) is 99.8 Å². The second-order valence-corrected chi connectivity index (χ2v) is 9.00. The Balaban J connectivity index is 2.05. The molecule has 2 aliphatic heterocycles. The number of amides is 1. The first-order chi connectivity index (χ1) is 15.2. The van der Waals surface area contributed by atoms with Crippen molar-refractivity contribution in [3.63, 3.8) is 0 Å². The van der Waals surface area contributed by atoms with Crippen molar-refractivity contribution in [2.75, 3.05) is 47.3 Å². The van der Waals surface area contributed by atoms with E-state index in [4.69, 9.17) is 23.7 Å². The number of carbonyl (C=O) groups excluding carboxylic acids is 1. The summed E-state index contributed by atoms with van der Waals surface area (Å²) >= 11 is 0. The molecular weight excluding hydrogens is 422 g/mol. The minimum absolute atomic E-state index is 0.0764. The van der Waals surface area contributed by atoms with Crippen LogP contribution < -0.4 is 5.32 Å². The highest BCUT2D eigenvalue weighted by molar-refractivity contribution is 5.73. The number of carboxylic acid groups (broad SMARTS) is 1. The Kier molecular flexibility index (Phi) is 10.8. The van der Waals surface area contributed by atoms with Crippen molar-refractivity contribution in [1.29, 1.82) is 0 Å². The third-order valence-corrected chi connectivity index (χ3v) is 6.63. The maximum Gasteiger partial charge on any atom is 0.333 e. The first-order valence-electron chi connectivity index (χ1n) is 11.2. The molecule has 9 atom stereocenters. The number of rotatable bonds is 11. The summed E-state index contributed by atoms with van der Waals surface area (Å²) in [5.74, 6) is -1.48. The molecule has 0 aromatic rings. The Hall–Kier alpha value is -1.30. The number of ether oxygens (including phenoxy) is 5. The molecule has 0 aromatic heterocycles. The van der Waals surface area contributed by atoms with Crippen molar-refractivity contribution in [3.05, 3.63) is 0 Å². The predicted octanol–water partition coefficient (Wildman–Crippen LogP) is 0.307. The van der Waals surface area contributed by atoms with Crippen molar-refractivity contribution in [3.8, 4) is 0 Å². The van der Waals surface area contributed by atoms with Gasteiger partial charge in [0, 0.05) is 33.0 Å². The number of hydrogen-bond donors (Lipinski definition) is 3. The Bertz CT molecular complexity index is 604. The normalized spacial score (nSPS) is 37.8. The summed E-state index contributed by atoms with van der Waals surface area (Å²) in [5.41, 5.74) is 0. The second kappa shape index (κ2) is 12.8. The molecule has 2 aliphatic rings. The highest BCUT2D eigenvalue weighted by Crippen LogP contribution is 2.33. The van der Waals surface area contributed by atoms with Crippen LogP contribution in [0.5, 0.6) is 0 Å². The molecule has 2 saturated heterocycles. The highest BCUT2D eigenvalue weighted by Gasteiger charge is 2.45. The summed E-state index contributed by atoms with van der Waals surface area (Å²) in [6.45, 7) is 6.42. The van der Waals surface area contributed by atoms with Crippen molar-refractivity contribution >= 4 is 11.9 Å². The summed E-state index contributed by atoms with van der Waals surface area (Å²) in [4.78, 5) is 23.5. The van der Waals surface area contributed by atoms with Gasteiger partial charge in [-0.25, -0.2) is 4.79 Å². The van der Waals surface area contributed by atoms with Crippen LogP contribution in [0.15, 0.2) is 0 Å². The SMILES string of the molecule is COC[C@H]1CC(C)[C@H](COC[C@H]2C(NC(C)=O)[C@H](COC)OC(CO)[C@H]2C)OC1C(=O)O. The zero-order chi connectivity index (χ0) is 23.8. The van der Waals surface area contributed by atoms with Gasteiger partial charge in [-0.05, 0) is 18.3 Å². The van der Waals surface area contributed by atoms with E-state index in [1.165, 1.54) is 6.92 Å². The summed E-state index contributed by atoms with van der Waals surface area (Å²) in [7, 11) is 3.11. The molecule has 4 unspecified atom stereocenters. The largest absolute Gasteiger partial charge is 0.479 e. The molecule has 0 spiro atoms.